The zero-order valence-corrected chi connectivity index (χ0v) is 11.0. The number of carboxylic acids is 1. The second-order valence-electron chi connectivity index (χ2n) is 4.47. The van der Waals surface area contributed by atoms with Crippen molar-refractivity contribution in [1.82, 2.24) is 30.5 Å². The normalized spacial score (nSPS) is 14.4. The summed E-state index contributed by atoms with van der Waals surface area (Å²) >= 11 is 0. The number of primary amides is 1. The van der Waals surface area contributed by atoms with Crippen LogP contribution >= 0.6 is 0 Å². The van der Waals surface area contributed by atoms with Crippen molar-refractivity contribution in [2.24, 2.45) is 5.73 Å². The first-order chi connectivity index (χ1) is 9.97. The minimum Gasteiger partial charge on any atom is -0.476 e. The average Bonchev–Trinajstić information content (AvgIpc) is 2.82. The molecule has 4 amide bonds. The van der Waals surface area contributed by atoms with E-state index in [4.69, 9.17) is 10.8 Å². The highest BCUT2D eigenvalue weighted by molar-refractivity contribution is 5.84. The van der Waals surface area contributed by atoms with Crippen LogP contribution in [0.5, 0.6) is 0 Å². The molecule has 1 aliphatic heterocycles. The number of nitrogens with zero attached hydrogens (tertiary/aromatic N) is 4. The number of carbonyl (C=O) groups is 3. The van der Waals surface area contributed by atoms with Gasteiger partial charge in [-0.15, -0.1) is 5.10 Å². The Kier molecular flexibility index (Phi) is 4.21. The van der Waals surface area contributed by atoms with E-state index in [0.29, 0.717) is 13.1 Å². The SMILES string of the molecule is NC(=O)NCCNC(=O)N1CC(n2cc(C(=O)O)nn2)C1. The monoisotopic (exact) mass is 297 g/mol. The van der Waals surface area contributed by atoms with Crippen molar-refractivity contribution in [1.29, 1.82) is 0 Å². The van der Waals surface area contributed by atoms with Crippen LogP contribution in [-0.2, 0) is 0 Å². The summed E-state index contributed by atoms with van der Waals surface area (Å²) in [5.74, 6) is -1.14. The standard InChI is InChI=1S/C10H15N7O4/c11-9(20)12-1-2-13-10(21)16-3-6(4-16)17-5-7(8(18)19)14-15-17/h5-6H,1-4H2,(H,13,21)(H,18,19)(H3,11,12,20). The predicted octanol–water partition coefficient (Wildman–Crippen LogP) is -1.79. The molecule has 11 heteroatoms. The first-order valence-electron chi connectivity index (χ1n) is 6.18. The van der Waals surface area contributed by atoms with Gasteiger partial charge in [-0.05, 0) is 0 Å². The molecule has 114 valence electrons. The summed E-state index contributed by atoms with van der Waals surface area (Å²) < 4.78 is 1.43. The van der Waals surface area contributed by atoms with E-state index < -0.39 is 12.0 Å². The van der Waals surface area contributed by atoms with Crippen molar-refractivity contribution in [2.45, 2.75) is 6.04 Å². The second kappa shape index (κ2) is 6.07. The number of nitrogens with one attached hydrogen (secondary N) is 2. The molecule has 0 radical (unpaired) electrons. The molecule has 0 unspecified atom stereocenters. The number of hydrogen-bond acceptors (Lipinski definition) is 5. The molecule has 0 spiro atoms. The van der Waals surface area contributed by atoms with Gasteiger partial charge in [0.25, 0.3) is 0 Å². The number of nitrogens with two attached hydrogens (primary N) is 1. The fraction of sp³-hybridized carbons (Fsp3) is 0.500. The number of hydrogen-bond donors (Lipinski definition) is 4. The number of rotatable bonds is 5. The lowest BCUT2D eigenvalue weighted by Crippen LogP contribution is -2.55. The van der Waals surface area contributed by atoms with E-state index in [1.807, 2.05) is 0 Å². The first kappa shape index (κ1) is 14.6. The molecular formula is C10H15N7O4. The number of carboxylic acid groups (broad SMARTS) is 1. The number of aromatic carboxylic acids is 1. The summed E-state index contributed by atoms with van der Waals surface area (Å²) in [6.45, 7) is 1.35. The van der Waals surface area contributed by atoms with Gasteiger partial charge in [-0.3, -0.25) is 0 Å². The van der Waals surface area contributed by atoms with E-state index in [0.717, 1.165) is 0 Å². The van der Waals surface area contributed by atoms with Crippen LogP contribution in [0.15, 0.2) is 6.20 Å². The van der Waals surface area contributed by atoms with Crippen LogP contribution in [0.25, 0.3) is 0 Å². The van der Waals surface area contributed by atoms with Crippen LogP contribution in [0.2, 0.25) is 0 Å². The number of carbonyl (C=O) groups excluding carboxylic acids is 2. The maximum absolute atomic E-state index is 11.7. The van der Waals surface area contributed by atoms with E-state index >= 15 is 0 Å². The van der Waals surface area contributed by atoms with E-state index in [1.54, 1.807) is 0 Å². The molecule has 1 aliphatic rings. The summed E-state index contributed by atoms with van der Waals surface area (Å²) in [5, 5.41) is 20.9. The molecular weight excluding hydrogens is 282 g/mol. The highest BCUT2D eigenvalue weighted by Crippen LogP contribution is 2.19. The summed E-state index contributed by atoms with van der Waals surface area (Å²) in [4.78, 5) is 34.3. The van der Waals surface area contributed by atoms with Crippen molar-refractivity contribution in [3.63, 3.8) is 0 Å². The molecule has 1 aromatic rings. The Labute approximate surface area is 119 Å². The fourth-order valence-corrected chi connectivity index (χ4v) is 1.81. The lowest BCUT2D eigenvalue weighted by Gasteiger charge is -2.38. The highest BCUT2D eigenvalue weighted by atomic mass is 16.4. The van der Waals surface area contributed by atoms with Crippen molar-refractivity contribution in [2.75, 3.05) is 26.2 Å². The zero-order chi connectivity index (χ0) is 15.4. The lowest BCUT2D eigenvalue weighted by atomic mass is 10.1. The van der Waals surface area contributed by atoms with Crippen LogP contribution in [-0.4, -0.2) is 69.2 Å². The third kappa shape index (κ3) is 3.58. The molecule has 0 bridgehead atoms. The Morgan fingerprint density at radius 3 is 2.57 bits per heavy atom. The molecule has 5 N–H and O–H groups in total. The third-order valence-electron chi connectivity index (χ3n) is 2.95. The van der Waals surface area contributed by atoms with Crippen molar-refractivity contribution < 1.29 is 19.5 Å². The molecule has 0 aliphatic carbocycles. The van der Waals surface area contributed by atoms with Gasteiger partial charge in [0.2, 0.25) is 0 Å². The number of urea groups is 2. The van der Waals surface area contributed by atoms with Gasteiger partial charge in [-0.25, -0.2) is 19.1 Å². The number of likely N-dealkylation sites (tertiary alicyclic amines) is 1. The van der Waals surface area contributed by atoms with Crippen molar-refractivity contribution in [3.05, 3.63) is 11.9 Å². The largest absolute Gasteiger partial charge is 0.476 e. The molecule has 1 fully saturated rings. The number of amides is 4. The molecule has 2 rings (SSSR count). The van der Waals surface area contributed by atoms with Crippen LogP contribution in [0, 0.1) is 0 Å². The van der Waals surface area contributed by atoms with Gasteiger partial charge in [-0.1, -0.05) is 5.21 Å². The minimum absolute atomic E-state index is 0.0832. The van der Waals surface area contributed by atoms with Crippen LogP contribution in [0.3, 0.4) is 0 Å². The zero-order valence-electron chi connectivity index (χ0n) is 11.0. The van der Waals surface area contributed by atoms with Crippen LogP contribution < -0.4 is 16.4 Å². The topological polar surface area (TPSA) is 155 Å². The van der Waals surface area contributed by atoms with Crippen LogP contribution in [0.4, 0.5) is 9.59 Å². The van der Waals surface area contributed by atoms with Crippen molar-refractivity contribution >= 4 is 18.0 Å². The Bertz CT molecular complexity index is 551. The van der Waals surface area contributed by atoms with Crippen LogP contribution in [0.1, 0.15) is 16.5 Å². The molecule has 1 aromatic heterocycles. The Morgan fingerprint density at radius 1 is 1.33 bits per heavy atom. The number of aromatic nitrogens is 3. The quantitative estimate of drug-likeness (QED) is 0.470. The summed E-state index contributed by atoms with van der Waals surface area (Å²) in [7, 11) is 0. The van der Waals surface area contributed by atoms with Gasteiger partial charge in [0.1, 0.15) is 0 Å². The molecule has 0 aromatic carbocycles. The van der Waals surface area contributed by atoms with E-state index in [-0.39, 0.29) is 30.9 Å². The molecule has 21 heavy (non-hydrogen) atoms. The molecule has 11 nitrogen and oxygen atoms in total. The Hall–Kier alpha value is -2.85. The van der Waals surface area contributed by atoms with Gasteiger partial charge in [-0.2, -0.15) is 0 Å². The smallest absolute Gasteiger partial charge is 0.358 e. The fourth-order valence-electron chi connectivity index (χ4n) is 1.81. The average molecular weight is 297 g/mol. The van der Waals surface area contributed by atoms with Gasteiger partial charge >= 0.3 is 18.0 Å². The molecule has 2 heterocycles. The van der Waals surface area contributed by atoms with Gasteiger partial charge in [0, 0.05) is 26.2 Å². The molecule has 0 atom stereocenters. The maximum atomic E-state index is 11.7. The van der Waals surface area contributed by atoms with E-state index in [2.05, 4.69) is 20.9 Å². The molecule has 1 saturated heterocycles. The van der Waals surface area contributed by atoms with Gasteiger partial charge in [0.15, 0.2) is 5.69 Å². The Morgan fingerprint density at radius 2 is 2.00 bits per heavy atom. The van der Waals surface area contributed by atoms with Gasteiger partial charge in [0.05, 0.1) is 12.2 Å². The predicted molar refractivity (Wildman–Crippen MR) is 68.6 cm³/mol. The lowest BCUT2D eigenvalue weighted by molar-refractivity contribution is 0.0690. The van der Waals surface area contributed by atoms with E-state index in [9.17, 15) is 14.4 Å². The second-order valence-corrected chi connectivity index (χ2v) is 4.47. The summed E-state index contributed by atoms with van der Waals surface area (Å²) in [5.41, 5.74) is 4.75. The van der Waals surface area contributed by atoms with Crippen molar-refractivity contribution in [3.8, 4) is 0 Å². The van der Waals surface area contributed by atoms with Gasteiger partial charge < -0.3 is 26.4 Å². The summed E-state index contributed by atoms with van der Waals surface area (Å²) in [6.07, 6.45) is 1.33. The van der Waals surface area contributed by atoms with E-state index in [1.165, 1.54) is 15.8 Å². The first-order valence-corrected chi connectivity index (χ1v) is 6.18. The Balaban J connectivity index is 1.71. The minimum atomic E-state index is -1.14. The summed E-state index contributed by atoms with van der Waals surface area (Å²) in [6, 6.07) is -0.995. The highest BCUT2D eigenvalue weighted by Gasteiger charge is 2.32. The maximum Gasteiger partial charge on any atom is 0.358 e. The molecule has 0 saturated carbocycles. The third-order valence-corrected chi connectivity index (χ3v) is 2.95.